The van der Waals surface area contributed by atoms with Gasteiger partial charge >= 0.3 is 0 Å². The zero-order valence-electron chi connectivity index (χ0n) is 13.4. The van der Waals surface area contributed by atoms with E-state index < -0.39 is 0 Å². The Bertz CT molecular complexity index is 982. The van der Waals surface area contributed by atoms with Gasteiger partial charge in [-0.15, -0.1) is 0 Å². The lowest BCUT2D eigenvalue weighted by atomic mass is 10.1. The summed E-state index contributed by atoms with van der Waals surface area (Å²) in [6.45, 7) is 1.99. The maximum atomic E-state index is 9.30. The van der Waals surface area contributed by atoms with Crippen molar-refractivity contribution in [3.8, 4) is 6.07 Å². The van der Waals surface area contributed by atoms with E-state index in [1.165, 1.54) is 12.8 Å². The Morgan fingerprint density at radius 2 is 2.12 bits per heavy atom. The number of rotatable bonds is 4. The molecule has 0 saturated heterocycles. The number of nitrogens with zero attached hydrogens (tertiary/aromatic N) is 5. The van der Waals surface area contributed by atoms with E-state index in [1.807, 2.05) is 17.8 Å². The second kappa shape index (κ2) is 4.81. The molecule has 0 amide bonds. The normalized spacial score (nSPS) is 17.2. The molecule has 0 bridgehead atoms. The molecule has 2 aliphatic rings. The van der Waals surface area contributed by atoms with Gasteiger partial charge in [0.1, 0.15) is 11.7 Å². The van der Waals surface area contributed by atoms with Crippen LogP contribution in [0.2, 0.25) is 0 Å². The number of aromatic amines is 1. The number of anilines is 2. The third kappa shape index (κ3) is 2.14. The van der Waals surface area contributed by atoms with Gasteiger partial charge in [0.15, 0.2) is 0 Å². The molecule has 3 aromatic rings. The van der Waals surface area contributed by atoms with Gasteiger partial charge in [0, 0.05) is 18.3 Å². The van der Waals surface area contributed by atoms with Crippen LogP contribution < -0.4 is 5.32 Å². The molecule has 2 N–H and O–H groups in total. The number of aromatic nitrogens is 5. The number of H-pyrrole nitrogens is 1. The summed E-state index contributed by atoms with van der Waals surface area (Å²) in [5.74, 6) is 1.00. The minimum atomic E-state index is 0.439. The van der Waals surface area contributed by atoms with Gasteiger partial charge in [0.05, 0.1) is 34.1 Å². The topological polar surface area (TPSA) is 95.2 Å². The Labute approximate surface area is 138 Å². The number of nitriles is 1. The summed E-state index contributed by atoms with van der Waals surface area (Å²) >= 11 is 0. The molecule has 7 heteroatoms. The van der Waals surface area contributed by atoms with Crippen LogP contribution in [0.15, 0.2) is 12.4 Å². The lowest BCUT2D eigenvalue weighted by molar-refractivity contribution is 0.635. The van der Waals surface area contributed by atoms with Crippen molar-refractivity contribution in [2.24, 2.45) is 0 Å². The number of nitrogens with one attached hydrogen (secondary N) is 2. The molecule has 2 saturated carbocycles. The van der Waals surface area contributed by atoms with Crippen LogP contribution in [0.3, 0.4) is 0 Å². The monoisotopic (exact) mass is 319 g/mol. The fraction of sp³-hybridized carbons (Fsp3) is 0.412. The van der Waals surface area contributed by atoms with Crippen molar-refractivity contribution in [3.05, 3.63) is 29.3 Å². The average molecular weight is 319 g/mol. The molecule has 0 unspecified atom stereocenters. The Morgan fingerprint density at radius 3 is 2.83 bits per heavy atom. The van der Waals surface area contributed by atoms with Gasteiger partial charge in [-0.1, -0.05) is 0 Å². The van der Waals surface area contributed by atoms with E-state index >= 15 is 0 Å². The number of aryl methyl sites for hydroxylation is 1. The quantitative estimate of drug-likeness (QED) is 0.769. The summed E-state index contributed by atoms with van der Waals surface area (Å²) in [5.41, 5.74) is 4.21. The highest BCUT2D eigenvalue weighted by molar-refractivity contribution is 5.86. The van der Waals surface area contributed by atoms with Gasteiger partial charge in [-0.25, -0.2) is 4.98 Å². The van der Waals surface area contributed by atoms with Crippen molar-refractivity contribution >= 4 is 22.7 Å². The van der Waals surface area contributed by atoms with Crippen LogP contribution in [0, 0.1) is 18.3 Å². The van der Waals surface area contributed by atoms with Crippen LogP contribution in [-0.2, 0) is 0 Å². The molecular formula is C17H17N7. The summed E-state index contributed by atoms with van der Waals surface area (Å²) in [4.78, 5) is 12.4. The zero-order valence-corrected chi connectivity index (χ0v) is 13.4. The van der Waals surface area contributed by atoms with Gasteiger partial charge in [0.25, 0.3) is 0 Å². The van der Waals surface area contributed by atoms with Crippen molar-refractivity contribution in [2.45, 2.75) is 44.6 Å². The number of hydrogen-bond donors (Lipinski definition) is 2. The maximum absolute atomic E-state index is 9.30. The molecule has 24 heavy (non-hydrogen) atoms. The molecular weight excluding hydrogens is 302 g/mol. The van der Waals surface area contributed by atoms with Crippen LogP contribution in [0.4, 0.5) is 11.6 Å². The minimum absolute atomic E-state index is 0.439. The first-order valence-corrected chi connectivity index (χ1v) is 8.35. The number of fused-ring (bicyclic) bond motifs is 1. The largest absolute Gasteiger partial charge is 0.345 e. The van der Waals surface area contributed by atoms with Crippen LogP contribution >= 0.6 is 0 Å². The molecule has 0 spiro atoms. The molecule has 2 fully saturated rings. The highest BCUT2D eigenvalue weighted by atomic mass is 15.3. The average Bonchev–Trinajstić information content (AvgIpc) is 3.49. The SMILES string of the molecule is Cc1nn(C2CC2)cc1Nc1nc(C2CC2)c2c(C#N)c[nH]c2n1. The first kappa shape index (κ1) is 13.5. The lowest BCUT2D eigenvalue weighted by Gasteiger charge is -2.07. The fourth-order valence-electron chi connectivity index (χ4n) is 3.11. The third-order valence-electron chi connectivity index (χ3n) is 4.73. The second-order valence-corrected chi connectivity index (χ2v) is 6.71. The molecule has 7 nitrogen and oxygen atoms in total. The van der Waals surface area contributed by atoms with Crippen molar-refractivity contribution in [1.29, 1.82) is 5.26 Å². The summed E-state index contributed by atoms with van der Waals surface area (Å²) in [5, 5.41) is 18.0. The summed E-state index contributed by atoms with van der Waals surface area (Å²) < 4.78 is 2.03. The van der Waals surface area contributed by atoms with Gasteiger partial charge in [-0.05, 0) is 32.6 Å². The Hall–Kier alpha value is -2.88. The summed E-state index contributed by atoms with van der Waals surface area (Å²) in [7, 11) is 0. The molecule has 0 aliphatic heterocycles. The molecule has 120 valence electrons. The first-order chi connectivity index (χ1) is 11.7. The van der Waals surface area contributed by atoms with Crippen LogP contribution in [-0.4, -0.2) is 24.7 Å². The van der Waals surface area contributed by atoms with E-state index in [0.717, 1.165) is 41.0 Å². The second-order valence-electron chi connectivity index (χ2n) is 6.71. The van der Waals surface area contributed by atoms with Crippen molar-refractivity contribution in [2.75, 3.05) is 5.32 Å². The van der Waals surface area contributed by atoms with Gasteiger partial charge < -0.3 is 10.3 Å². The molecule has 0 aromatic carbocycles. The minimum Gasteiger partial charge on any atom is -0.345 e. The van der Waals surface area contributed by atoms with Crippen molar-refractivity contribution in [1.82, 2.24) is 24.7 Å². The smallest absolute Gasteiger partial charge is 0.229 e. The Balaban J connectivity index is 1.56. The van der Waals surface area contributed by atoms with Gasteiger partial charge in [-0.2, -0.15) is 15.3 Å². The van der Waals surface area contributed by atoms with E-state index in [2.05, 4.69) is 26.5 Å². The third-order valence-corrected chi connectivity index (χ3v) is 4.73. The molecule has 3 heterocycles. The molecule has 2 aliphatic carbocycles. The van der Waals surface area contributed by atoms with E-state index in [9.17, 15) is 5.26 Å². The first-order valence-electron chi connectivity index (χ1n) is 8.35. The van der Waals surface area contributed by atoms with E-state index in [1.54, 1.807) is 6.20 Å². The Kier molecular flexibility index (Phi) is 2.71. The highest BCUT2D eigenvalue weighted by Crippen LogP contribution is 2.43. The molecule has 3 aromatic heterocycles. The number of hydrogen-bond acceptors (Lipinski definition) is 5. The lowest BCUT2D eigenvalue weighted by Crippen LogP contribution is -2.01. The zero-order chi connectivity index (χ0) is 16.3. The Morgan fingerprint density at radius 1 is 1.29 bits per heavy atom. The predicted octanol–water partition coefficient (Wildman–Crippen LogP) is 3.29. The fourth-order valence-corrected chi connectivity index (χ4v) is 3.11. The van der Waals surface area contributed by atoms with Gasteiger partial charge in [-0.3, -0.25) is 4.68 Å². The van der Waals surface area contributed by atoms with E-state index in [4.69, 9.17) is 4.98 Å². The molecule has 5 rings (SSSR count). The van der Waals surface area contributed by atoms with E-state index in [0.29, 0.717) is 23.5 Å². The highest BCUT2D eigenvalue weighted by Gasteiger charge is 2.30. The van der Waals surface area contributed by atoms with Crippen LogP contribution in [0.1, 0.15) is 54.6 Å². The maximum Gasteiger partial charge on any atom is 0.229 e. The van der Waals surface area contributed by atoms with E-state index in [-0.39, 0.29) is 0 Å². The standard InChI is InChI=1S/C17H17N7/c1-9-13(8-24(23-9)12-4-5-12)20-17-21-15(10-2-3-10)14-11(6-18)7-19-16(14)22-17/h7-8,10,12H,2-5H2,1H3,(H2,19,20,21,22). The van der Waals surface area contributed by atoms with Crippen LogP contribution in [0.5, 0.6) is 0 Å². The molecule has 0 radical (unpaired) electrons. The summed E-state index contributed by atoms with van der Waals surface area (Å²) in [6, 6.07) is 2.78. The van der Waals surface area contributed by atoms with Crippen LogP contribution in [0.25, 0.3) is 11.0 Å². The summed E-state index contributed by atoms with van der Waals surface area (Å²) in [6.07, 6.45) is 8.40. The predicted molar refractivity (Wildman–Crippen MR) is 89.1 cm³/mol. The van der Waals surface area contributed by atoms with Gasteiger partial charge in [0.2, 0.25) is 5.95 Å². The molecule has 0 atom stereocenters. The van der Waals surface area contributed by atoms with Crippen molar-refractivity contribution < 1.29 is 0 Å². The van der Waals surface area contributed by atoms with Crippen molar-refractivity contribution in [3.63, 3.8) is 0 Å².